The molecule has 6 nitrogen and oxygen atoms in total. The summed E-state index contributed by atoms with van der Waals surface area (Å²) in [6, 6.07) is 15.1. The highest BCUT2D eigenvalue weighted by molar-refractivity contribution is 8.00. The van der Waals surface area contributed by atoms with E-state index in [1.807, 2.05) is 30.3 Å². The van der Waals surface area contributed by atoms with E-state index in [1.54, 1.807) is 39.7 Å². The number of para-hydroxylation sites is 1. The number of thiazole rings is 1. The number of aromatic nitrogens is 5. The van der Waals surface area contributed by atoms with Gasteiger partial charge in [-0.05, 0) is 36.4 Å². The number of thioether (sulfide) groups is 1. The van der Waals surface area contributed by atoms with Crippen molar-refractivity contribution in [2.45, 2.75) is 10.1 Å². The Hall–Kier alpha value is -2.49. The summed E-state index contributed by atoms with van der Waals surface area (Å²) in [6.07, 6.45) is 0. The Morgan fingerprint density at radius 3 is 2.69 bits per heavy atom. The van der Waals surface area contributed by atoms with E-state index < -0.39 is 0 Å². The van der Waals surface area contributed by atoms with Gasteiger partial charge in [0.05, 0.1) is 16.0 Å². The molecule has 0 aliphatic rings. The second-order valence-corrected chi connectivity index (χ2v) is 8.71. The van der Waals surface area contributed by atoms with Crippen molar-refractivity contribution >= 4 is 49.6 Å². The van der Waals surface area contributed by atoms with Gasteiger partial charge >= 0.3 is 0 Å². The van der Waals surface area contributed by atoms with E-state index in [2.05, 4.69) is 26.3 Å². The van der Waals surface area contributed by atoms with Crippen molar-refractivity contribution in [1.82, 2.24) is 24.8 Å². The maximum absolute atomic E-state index is 9.43. The maximum atomic E-state index is 9.43. The van der Waals surface area contributed by atoms with E-state index in [-0.39, 0.29) is 5.75 Å². The summed E-state index contributed by atoms with van der Waals surface area (Å²) in [5.74, 6) is 1.69. The van der Waals surface area contributed by atoms with Crippen LogP contribution in [0.2, 0.25) is 0 Å². The molecule has 3 heterocycles. The van der Waals surface area contributed by atoms with Crippen LogP contribution in [0.4, 0.5) is 0 Å². The lowest BCUT2D eigenvalue weighted by atomic mass is 10.2. The van der Waals surface area contributed by atoms with Gasteiger partial charge in [-0.3, -0.25) is 0 Å². The van der Waals surface area contributed by atoms with Gasteiger partial charge in [0.2, 0.25) is 4.96 Å². The molecular weight excluding hydrogens is 386 g/mol. The molecule has 0 aliphatic heterocycles. The van der Waals surface area contributed by atoms with E-state index in [4.69, 9.17) is 0 Å². The van der Waals surface area contributed by atoms with Crippen molar-refractivity contribution in [3.63, 3.8) is 0 Å². The molecule has 5 rings (SSSR count). The first-order valence-electron chi connectivity index (χ1n) is 7.75. The van der Waals surface area contributed by atoms with Gasteiger partial charge in [0.1, 0.15) is 10.8 Å². The first-order valence-corrected chi connectivity index (χ1v) is 10.4. The summed E-state index contributed by atoms with van der Waals surface area (Å²) in [6.45, 7) is 0. The third-order valence-electron chi connectivity index (χ3n) is 3.77. The molecule has 26 heavy (non-hydrogen) atoms. The molecule has 128 valence electrons. The molecule has 3 aromatic heterocycles. The minimum atomic E-state index is 0.240. The van der Waals surface area contributed by atoms with Crippen LogP contribution in [0.25, 0.3) is 25.7 Å². The van der Waals surface area contributed by atoms with Crippen LogP contribution in [-0.2, 0) is 5.75 Å². The highest BCUT2D eigenvalue weighted by Crippen LogP contribution is 2.32. The predicted molar refractivity (Wildman–Crippen MR) is 105 cm³/mol. The lowest BCUT2D eigenvalue weighted by Gasteiger charge is -1.96. The molecule has 0 atom stereocenters. The van der Waals surface area contributed by atoms with Crippen LogP contribution in [0, 0.1) is 0 Å². The van der Waals surface area contributed by atoms with Crippen molar-refractivity contribution in [2.75, 3.05) is 0 Å². The Labute approximate surface area is 160 Å². The van der Waals surface area contributed by atoms with Crippen molar-refractivity contribution in [3.05, 3.63) is 54.4 Å². The van der Waals surface area contributed by atoms with Gasteiger partial charge in [0.15, 0.2) is 10.2 Å². The molecule has 0 spiro atoms. The van der Waals surface area contributed by atoms with Gasteiger partial charge in [-0.25, -0.2) is 4.98 Å². The zero-order valence-corrected chi connectivity index (χ0v) is 15.7. The lowest BCUT2D eigenvalue weighted by molar-refractivity contribution is 0.475. The fourth-order valence-corrected chi connectivity index (χ4v) is 5.35. The standard InChI is InChI=1S/C17H11N5OS3/c23-11-7-5-10(6-8-11)15-21-22-14(19-20-16(22)26-15)9-24-17-18-12-3-1-2-4-13(12)25-17/h1-8,23H,9H2. The Bertz CT molecular complexity index is 1180. The molecule has 9 heteroatoms. The van der Waals surface area contributed by atoms with Crippen LogP contribution < -0.4 is 0 Å². The fourth-order valence-electron chi connectivity index (χ4n) is 2.51. The SMILES string of the molecule is Oc1ccc(-c2nn3c(CSc4nc5ccccc5s4)nnc3s2)cc1. The van der Waals surface area contributed by atoms with Gasteiger partial charge in [-0.1, -0.05) is 35.2 Å². The zero-order valence-electron chi connectivity index (χ0n) is 13.2. The number of fused-ring (bicyclic) bond motifs is 2. The summed E-state index contributed by atoms with van der Waals surface area (Å²) in [5, 5.41) is 23.4. The number of aromatic hydroxyl groups is 1. The van der Waals surface area contributed by atoms with Crippen LogP contribution in [0.15, 0.2) is 52.9 Å². The molecule has 0 aliphatic carbocycles. The maximum Gasteiger partial charge on any atom is 0.235 e. The number of hydrogen-bond donors (Lipinski definition) is 1. The summed E-state index contributed by atoms with van der Waals surface area (Å²) in [7, 11) is 0. The highest BCUT2D eigenvalue weighted by atomic mass is 32.2. The minimum Gasteiger partial charge on any atom is -0.508 e. The van der Waals surface area contributed by atoms with Crippen molar-refractivity contribution in [1.29, 1.82) is 0 Å². The summed E-state index contributed by atoms with van der Waals surface area (Å²) < 4.78 is 3.98. The normalized spacial score (nSPS) is 11.5. The number of rotatable bonds is 4. The Morgan fingerprint density at radius 2 is 1.85 bits per heavy atom. The van der Waals surface area contributed by atoms with Gasteiger partial charge in [-0.15, -0.1) is 21.5 Å². The number of phenolic OH excluding ortho intramolecular Hbond substituents is 1. The van der Waals surface area contributed by atoms with E-state index >= 15 is 0 Å². The summed E-state index contributed by atoms with van der Waals surface area (Å²) >= 11 is 4.80. The third kappa shape index (κ3) is 2.83. The lowest BCUT2D eigenvalue weighted by Crippen LogP contribution is -1.93. The van der Waals surface area contributed by atoms with Crippen molar-refractivity contribution in [2.24, 2.45) is 0 Å². The average molecular weight is 398 g/mol. The van der Waals surface area contributed by atoms with E-state index in [9.17, 15) is 5.11 Å². The number of phenols is 1. The molecule has 0 radical (unpaired) electrons. The topological polar surface area (TPSA) is 76.2 Å². The number of hydrogen-bond acceptors (Lipinski definition) is 8. The molecule has 0 saturated carbocycles. The van der Waals surface area contributed by atoms with Crippen LogP contribution >= 0.6 is 34.4 Å². The molecule has 1 N–H and O–H groups in total. The second-order valence-electron chi connectivity index (χ2n) is 5.50. The molecule has 0 saturated heterocycles. The molecule has 2 aromatic carbocycles. The predicted octanol–water partition coefficient (Wildman–Crippen LogP) is 4.46. The zero-order chi connectivity index (χ0) is 17.5. The van der Waals surface area contributed by atoms with E-state index in [1.165, 1.54) is 16.0 Å². The van der Waals surface area contributed by atoms with Crippen molar-refractivity contribution in [3.8, 4) is 16.3 Å². The van der Waals surface area contributed by atoms with E-state index in [0.29, 0.717) is 5.75 Å². The second kappa shape index (κ2) is 6.35. The average Bonchev–Trinajstić information content (AvgIpc) is 3.34. The van der Waals surface area contributed by atoms with Crippen LogP contribution in [0.5, 0.6) is 5.75 Å². The molecule has 0 fully saturated rings. The van der Waals surface area contributed by atoms with Crippen LogP contribution in [0.3, 0.4) is 0 Å². The largest absolute Gasteiger partial charge is 0.508 e. The van der Waals surface area contributed by atoms with Crippen molar-refractivity contribution < 1.29 is 5.11 Å². The van der Waals surface area contributed by atoms with Crippen LogP contribution in [0.1, 0.15) is 5.82 Å². The van der Waals surface area contributed by atoms with Gasteiger partial charge in [0, 0.05) is 5.56 Å². The van der Waals surface area contributed by atoms with Gasteiger partial charge < -0.3 is 5.11 Å². The first kappa shape index (κ1) is 15.7. The summed E-state index contributed by atoms with van der Waals surface area (Å²) in [5.41, 5.74) is 1.97. The third-order valence-corrected chi connectivity index (χ3v) is 6.89. The smallest absolute Gasteiger partial charge is 0.235 e. The molecule has 5 aromatic rings. The highest BCUT2D eigenvalue weighted by Gasteiger charge is 2.14. The first-order chi connectivity index (χ1) is 12.8. The Balaban J connectivity index is 1.41. The number of nitrogens with zero attached hydrogens (tertiary/aromatic N) is 5. The fraction of sp³-hybridized carbons (Fsp3) is 0.0588. The van der Waals surface area contributed by atoms with E-state index in [0.717, 1.165) is 31.2 Å². The molecule has 0 bridgehead atoms. The van der Waals surface area contributed by atoms with Gasteiger partial charge in [-0.2, -0.15) is 9.61 Å². The monoisotopic (exact) mass is 397 g/mol. The molecule has 0 unspecified atom stereocenters. The summed E-state index contributed by atoms with van der Waals surface area (Å²) in [4.78, 5) is 5.39. The molecular formula is C17H11N5OS3. The number of benzene rings is 2. The molecule has 0 amide bonds. The minimum absolute atomic E-state index is 0.240. The van der Waals surface area contributed by atoms with Gasteiger partial charge in [0.25, 0.3) is 0 Å². The quantitative estimate of drug-likeness (QED) is 0.451. The Morgan fingerprint density at radius 1 is 1.00 bits per heavy atom. The Kier molecular flexibility index (Phi) is 3.84. The van der Waals surface area contributed by atoms with Crippen LogP contribution in [-0.4, -0.2) is 29.9 Å².